The lowest BCUT2D eigenvalue weighted by molar-refractivity contribution is -0.126. The monoisotopic (exact) mass is 214 g/mol. The maximum absolute atomic E-state index is 11.7. The van der Waals surface area contributed by atoms with Gasteiger partial charge < -0.3 is 15.4 Å². The summed E-state index contributed by atoms with van der Waals surface area (Å²) in [7, 11) is 3.61. The molecule has 1 fully saturated rings. The van der Waals surface area contributed by atoms with Crippen LogP contribution in [0.4, 0.5) is 0 Å². The first-order valence-corrected chi connectivity index (χ1v) is 5.71. The number of carbonyl (C=O) groups is 1. The fourth-order valence-electron chi connectivity index (χ4n) is 2.11. The largest absolute Gasteiger partial charge is 0.383 e. The SMILES string of the molecule is CNC1CCCC(C(=O)NCCOC)C1. The molecule has 0 aromatic carbocycles. The van der Waals surface area contributed by atoms with Gasteiger partial charge in [-0.05, 0) is 26.3 Å². The Morgan fingerprint density at radius 1 is 1.47 bits per heavy atom. The number of hydrogen-bond acceptors (Lipinski definition) is 3. The molecule has 2 atom stereocenters. The highest BCUT2D eigenvalue weighted by molar-refractivity contribution is 5.78. The normalized spacial score (nSPS) is 26.3. The van der Waals surface area contributed by atoms with Gasteiger partial charge in [-0.2, -0.15) is 0 Å². The zero-order chi connectivity index (χ0) is 11.1. The third-order valence-corrected chi connectivity index (χ3v) is 3.06. The van der Waals surface area contributed by atoms with Gasteiger partial charge in [0.15, 0.2) is 0 Å². The molecule has 0 aromatic rings. The van der Waals surface area contributed by atoms with E-state index < -0.39 is 0 Å². The number of ether oxygens (including phenoxy) is 1. The van der Waals surface area contributed by atoms with Crippen molar-refractivity contribution < 1.29 is 9.53 Å². The second-order valence-electron chi connectivity index (χ2n) is 4.13. The van der Waals surface area contributed by atoms with Crippen LogP contribution in [0.5, 0.6) is 0 Å². The molecular formula is C11H22N2O2. The molecule has 0 bridgehead atoms. The number of methoxy groups -OCH3 is 1. The van der Waals surface area contributed by atoms with E-state index in [0.29, 0.717) is 19.2 Å². The maximum atomic E-state index is 11.7. The van der Waals surface area contributed by atoms with E-state index in [2.05, 4.69) is 10.6 Å². The highest BCUT2D eigenvalue weighted by atomic mass is 16.5. The highest BCUT2D eigenvalue weighted by Crippen LogP contribution is 2.24. The van der Waals surface area contributed by atoms with Crippen molar-refractivity contribution >= 4 is 5.91 Å². The number of hydrogen-bond donors (Lipinski definition) is 2. The van der Waals surface area contributed by atoms with Gasteiger partial charge in [-0.25, -0.2) is 0 Å². The lowest BCUT2D eigenvalue weighted by Crippen LogP contribution is -2.39. The fourth-order valence-corrected chi connectivity index (χ4v) is 2.11. The summed E-state index contributed by atoms with van der Waals surface area (Å²) in [5, 5.41) is 6.16. The van der Waals surface area contributed by atoms with E-state index in [1.165, 1.54) is 6.42 Å². The Labute approximate surface area is 91.8 Å². The van der Waals surface area contributed by atoms with Crippen LogP contribution in [0.15, 0.2) is 0 Å². The van der Waals surface area contributed by atoms with Crippen molar-refractivity contribution in [1.29, 1.82) is 0 Å². The molecule has 0 radical (unpaired) electrons. The Morgan fingerprint density at radius 2 is 2.27 bits per heavy atom. The standard InChI is InChI=1S/C11H22N2O2/c1-12-10-5-3-4-9(8-10)11(14)13-6-7-15-2/h9-10,12H,3-8H2,1-2H3,(H,13,14). The molecular weight excluding hydrogens is 192 g/mol. The zero-order valence-corrected chi connectivity index (χ0v) is 9.71. The first-order valence-electron chi connectivity index (χ1n) is 5.71. The van der Waals surface area contributed by atoms with Crippen molar-refractivity contribution in [2.75, 3.05) is 27.3 Å². The van der Waals surface area contributed by atoms with Crippen LogP contribution in [0.25, 0.3) is 0 Å². The third kappa shape index (κ3) is 4.18. The van der Waals surface area contributed by atoms with Crippen molar-refractivity contribution in [3.05, 3.63) is 0 Å². The molecule has 15 heavy (non-hydrogen) atoms. The highest BCUT2D eigenvalue weighted by Gasteiger charge is 2.25. The Hall–Kier alpha value is -0.610. The summed E-state index contributed by atoms with van der Waals surface area (Å²) in [5.74, 6) is 0.375. The summed E-state index contributed by atoms with van der Waals surface area (Å²) in [4.78, 5) is 11.7. The van der Waals surface area contributed by atoms with E-state index in [0.717, 1.165) is 19.3 Å². The minimum Gasteiger partial charge on any atom is -0.383 e. The molecule has 1 aliphatic rings. The number of nitrogens with one attached hydrogen (secondary N) is 2. The van der Waals surface area contributed by atoms with E-state index in [4.69, 9.17) is 4.74 Å². The fraction of sp³-hybridized carbons (Fsp3) is 0.909. The van der Waals surface area contributed by atoms with Gasteiger partial charge >= 0.3 is 0 Å². The molecule has 2 N–H and O–H groups in total. The predicted octanol–water partition coefficient (Wildman–Crippen LogP) is 0.527. The van der Waals surface area contributed by atoms with E-state index in [1.54, 1.807) is 7.11 Å². The van der Waals surface area contributed by atoms with Crippen LogP contribution in [0.2, 0.25) is 0 Å². The third-order valence-electron chi connectivity index (χ3n) is 3.06. The molecule has 0 saturated heterocycles. The molecule has 1 aliphatic carbocycles. The quantitative estimate of drug-likeness (QED) is 0.656. The lowest BCUT2D eigenvalue weighted by atomic mass is 9.85. The topological polar surface area (TPSA) is 50.4 Å². The van der Waals surface area contributed by atoms with Crippen LogP contribution in [0.3, 0.4) is 0 Å². The smallest absolute Gasteiger partial charge is 0.223 e. The predicted molar refractivity (Wildman–Crippen MR) is 59.7 cm³/mol. The minimum absolute atomic E-state index is 0.187. The van der Waals surface area contributed by atoms with Gasteiger partial charge in [0.05, 0.1) is 6.61 Å². The second kappa shape index (κ2) is 6.80. The summed E-state index contributed by atoms with van der Waals surface area (Å²) in [6.07, 6.45) is 4.33. The van der Waals surface area contributed by atoms with Crippen molar-refractivity contribution in [3.63, 3.8) is 0 Å². The number of carbonyl (C=O) groups excluding carboxylic acids is 1. The molecule has 4 heteroatoms. The molecule has 1 rings (SSSR count). The van der Waals surface area contributed by atoms with Gasteiger partial charge in [-0.1, -0.05) is 6.42 Å². The van der Waals surface area contributed by atoms with Gasteiger partial charge in [0.2, 0.25) is 5.91 Å². The summed E-state index contributed by atoms with van der Waals surface area (Å²) >= 11 is 0. The van der Waals surface area contributed by atoms with Crippen LogP contribution in [0, 0.1) is 5.92 Å². The minimum atomic E-state index is 0.187. The van der Waals surface area contributed by atoms with Crippen LogP contribution in [-0.2, 0) is 9.53 Å². The van der Waals surface area contributed by atoms with Crippen LogP contribution < -0.4 is 10.6 Å². The second-order valence-corrected chi connectivity index (χ2v) is 4.13. The average Bonchev–Trinajstić information content (AvgIpc) is 2.29. The first kappa shape index (κ1) is 12.5. The number of rotatable bonds is 5. The van der Waals surface area contributed by atoms with Crippen molar-refractivity contribution in [2.24, 2.45) is 5.92 Å². The van der Waals surface area contributed by atoms with Crippen molar-refractivity contribution in [1.82, 2.24) is 10.6 Å². The molecule has 0 spiro atoms. The van der Waals surface area contributed by atoms with Crippen LogP contribution >= 0.6 is 0 Å². The first-order chi connectivity index (χ1) is 7.27. The Bertz CT molecular complexity index is 197. The summed E-state index contributed by atoms with van der Waals surface area (Å²) < 4.78 is 4.89. The van der Waals surface area contributed by atoms with Crippen LogP contribution in [0.1, 0.15) is 25.7 Å². The van der Waals surface area contributed by atoms with E-state index in [-0.39, 0.29) is 11.8 Å². The van der Waals surface area contributed by atoms with Gasteiger partial charge in [-0.3, -0.25) is 4.79 Å². The van der Waals surface area contributed by atoms with E-state index >= 15 is 0 Å². The summed E-state index contributed by atoms with van der Waals surface area (Å²) in [6.45, 7) is 1.21. The molecule has 2 unspecified atom stereocenters. The molecule has 1 amide bonds. The van der Waals surface area contributed by atoms with Gasteiger partial charge in [0.1, 0.15) is 0 Å². The summed E-state index contributed by atoms with van der Waals surface area (Å²) in [5.41, 5.74) is 0. The Kier molecular flexibility index (Phi) is 5.65. The molecule has 1 saturated carbocycles. The number of amides is 1. The molecule has 88 valence electrons. The average molecular weight is 214 g/mol. The maximum Gasteiger partial charge on any atom is 0.223 e. The van der Waals surface area contributed by atoms with E-state index in [9.17, 15) is 4.79 Å². The molecule has 0 aromatic heterocycles. The molecule has 0 aliphatic heterocycles. The lowest BCUT2D eigenvalue weighted by Gasteiger charge is -2.27. The van der Waals surface area contributed by atoms with Gasteiger partial charge in [0, 0.05) is 25.6 Å². The zero-order valence-electron chi connectivity index (χ0n) is 9.71. The van der Waals surface area contributed by atoms with Crippen molar-refractivity contribution in [2.45, 2.75) is 31.7 Å². The Morgan fingerprint density at radius 3 is 2.93 bits per heavy atom. The van der Waals surface area contributed by atoms with Gasteiger partial charge in [0.25, 0.3) is 0 Å². The van der Waals surface area contributed by atoms with Gasteiger partial charge in [-0.15, -0.1) is 0 Å². The van der Waals surface area contributed by atoms with E-state index in [1.807, 2.05) is 7.05 Å². The molecule has 4 nitrogen and oxygen atoms in total. The Balaban J connectivity index is 2.25. The summed E-state index contributed by atoms with van der Waals surface area (Å²) in [6, 6.07) is 0.511. The molecule has 0 heterocycles. The van der Waals surface area contributed by atoms with Crippen molar-refractivity contribution in [3.8, 4) is 0 Å². The van der Waals surface area contributed by atoms with Crippen LogP contribution in [-0.4, -0.2) is 39.3 Å².